The second-order valence-electron chi connectivity index (χ2n) is 4.97. The molecular formula is C16H17NO4. The fourth-order valence-corrected chi connectivity index (χ4v) is 2.38. The Kier molecular flexibility index (Phi) is 4.21. The normalized spacial score (nSPS) is 21.3. The fourth-order valence-electron chi connectivity index (χ4n) is 2.38. The van der Waals surface area contributed by atoms with Crippen LogP contribution in [0.1, 0.15) is 25.3 Å². The van der Waals surface area contributed by atoms with Gasteiger partial charge < -0.3 is 9.53 Å². The first kappa shape index (κ1) is 15.0. The van der Waals surface area contributed by atoms with Crippen LogP contribution in [0.2, 0.25) is 0 Å². The van der Waals surface area contributed by atoms with Crippen LogP contribution in [0.5, 0.6) is 0 Å². The van der Waals surface area contributed by atoms with Crippen LogP contribution in [-0.4, -0.2) is 29.2 Å². The van der Waals surface area contributed by atoms with Gasteiger partial charge >= 0.3 is 6.09 Å². The summed E-state index contributed by atoms with van der Waals surface area (Å²) in [4.78, 5) is 36.9. The van der Waals surface area contributed by atoms with Crippen molar-refractivity contribution in [2.75, 3.05) is 6.54 Å². The lowest BCUT2D eigenvalue weighted by Gasteiger charge is -2.25. The van der Waals surface area contributed by atoms with Gasteiger partial charge in [0, 0.05) is 24.9 Å². The SMILES string of the molecule is C=CCN1C(=O)O[C@@](CCC(C)=O)(c2ccccc2)C1=O. The molecule has 0 radical (unpaired) electrons. The Morgan fingerprint density at radius 3 is 2.57 bits per heavy atom. The molecule has 0 aliphatic carbocycles. The molecular weight excluding hydrogens is 270 g/mol. The number of rotatable bonds is 6. The zero-order chi connectivity index (χ0) is 15.5. The number of hydrogen-bond acceptors (Lipinski definition) is 4. The van der Waals surface area contributed by atoms with E-state index in [2.05, 4.69) is 6.58 Å². The van der Waals surface area contributed by atoms with Crippen molar-refractivity contribution < 1.29 is 19.1 Å². The summed E-state index contributed by atoms with van der Waals surface area (Å²) in [6.07, 6.45) is 1.07. The number of amides is 2. The number of ketones is 1. The van der Waals surface area contributed by atoms with E-state index < -0.39 is 17.6 Å². The van der Waals surface area contributed by atoms with E-state index in [1.165, 1.54) is 13.0 Å². The van der Waals surface area contributed by atoms with Gasteiger partial charge in [-0.25, -0.2) is 9.69 Å². The van der Waals surface area contributed by atoms with Crippen LogP contribution in [0.3, 0.4) is 0 Å². The largest absolute Gasteiger partial charge is 0.427 e. The van der Waals surface area contributed by atoms with E-state index in [9.17, 15) is 14.4 Å². The van der Waals surface area contributed by atoms with Crippen molar-refractivity contribution in [3.8, 4) is 0 Å². The lowest BCUT2D eigenvalue weighted by atomic mass is 9.87. The van der Waals surface area contributed by atoms with Crippen LogP contribution in [0.4, 0.5) is 4.79 Å². The third kappa shape index (κ3) is 2.72. The molecule has 1 saturated heterocycles. The van der Waals surface area contributed by atoms with Crippen molar-refractivity contribution in [2.24, 2.45) is 0 Å². The molecule has 1 aliphatic heterocycles. The minimum absolute atomic E-state index is 0.0590. The van der Waals surface area contributed by atoms with Crippen molar-refractivity contribution in [2.45, 2.75) is 25.4 Å². The molecule has 2 rings (SSSR count). The smallest absolute Gasteiger partial charge is 0.418 e. The van der Waals surface area contributed by atoms with Crippen LogP contribution >= 0.6 is 0 Å². The average molecular weight is 287 g/mol. The van der Waals surface area contributed by atoms with E-state index in [-0.39, 0.29) is 25.2 Å². The third-order valence-corrected chi connectivity index (χ3v) is 3.45. The monoisotopic (exact) mass is 287 g/mol. The lowest BCUT2D eigenvalue weighted by molar-refractivity contribution is -0.138. The second kappa shape index (κ2) is 5.91. The maximum absolute atomic E-state index is 12.7. The van der Waals surface area contributed by atoms with Crippen molar-refractivity contribution in [3.63, 3.8) is 0 Å². The number of carbonyl (C=O) groups excluding carboxylic acids is 3. The van der Waals surface area contributed by atoms with Gasteiger partial charge in [-0.05, 0) is 6.92 Å². The number of Topliss-reactive ketones (excluding diaryl/α,β-unsaturated/α-hetero) is 1. The number of ether oxygens (including phenoxy) is 1. The molecule has 5 heteroatoms. The number of cyclic esters (lactones) is 1. The predicted molar refractivity (Wildman–Crippen MR) is 76.4 cm³/mol. The highest BCUT2D eigenvalue weighted by Gasteiger charge is 2.54. The summed E-state index contributed by atoms with van der Waals surface area (Å²) in [5.74, 6) is -0.504. The topological polar surface area (TPSA) is 63.7 Å². The number of hydrogen-bond donors (Lipinski definition) is 0. The summed E-state index contributed by atoms with van der Waals surface area (Å²) in [6.45, 7) is 5.07. The fraction of sp³-hybridized carbons (Fsp3) is 0.312. The number of imide groups is 1. The molecule has 0 unspecified atom stereocenters. The molecule has 1 fully saturated rings. The molecule has 0 saturated carbocycles. The Morgan fingerprint density at radius 1 is 1.33 bits per heavy atom. The van der Waals surface area contributed by atoms with E-state index in [0.717, 1.165) is 4.90 Å². The molecule has 0 N–H and O–H groups in total. The number of benzene rings is 1. The predicted octanol–water partition coefficient (Wildman–Crippen LogP) is 2.42. The van der Waals surface area contributed by atoms with E-state index in [1.807, 2.05) is 6.07 Å². The Hall–Kier alpha value is -2.43. The molecule has 0 bridgehead atoms. The Morgan fingerprint density at radius 2 is 2.00 bits per heavy atom. The Bertz CT molecular complexity index is 581. The van der Waals surface area contributed by atoms with Gasteiger partial charge in [-0.1, -0.05) is 36.4 Å². The molecule has 5 nitrogen and oxygen atoms in total. The maximum Gasteiger partial charge on any atom is 0.418 e. The van der Waals surface area contributed by atoms with Gasteiger partial charge in [0.2, 0.25) is 5.60 Å². The molecule has 2 amide bonds. The van der Waals surface area contributed by atoms with Crippen molar-refractivity contribution in [1.29, 1.82) is 0 Å². The minimum Gasteiger partial charge on any atom is -0.427 e. The van der Waals surface area contributed by atoms with Gasteiger partial charge in [0.15, 0.2) is 0 Å². The summed E-state index contributed by atoms with van der Waals surface area (Å²) in [5.41, 5.74) is -0.830. The quantitative estimate of drug-likeness (QED) is 0.754. The summed E-state index contributed by atoms with van der Waals surface area (Å²) < 4.78 is 5.40. The van der Waals surface area contributed by atoms with Crippen LogP contribution in [-0.2, 0) is 19.9 Å². The standard InChI is InChI=1S/C16H17NO4/c1-3-11-17-14(19)16(21-15(17)20,10-9-12(2)18)13-7-5-4-6-8-13/h3-8H,1,9-11H2,2H3/t16-/m0/s1. The van der Waals surface area contributed by atoms with Crippen molar-refractivity contribution >= 4 is 17.8 Å². The maximum atomic E-state index is 12.7. The molecule has 1 heterocycles. The first-order valence-electron chi connectivity index (χ1n) is 6.72. The van der Waals surface area contributed by atoms with Gasteiger partial charge in [0.05, 0.1) is 0 Å². The molecule has 1 aromatic rings. The highest BCUT2D eigenvalue weighted by atomic mass is 16.6. The molecule has 0 spiro atoms. The number of carbonyl (C=O) groups is 3. The van der Waals surface area contributed by atoms with Crippen LogP contribution in [0.25, 0.3) is 0 Å². The molecule has 21 heavy (non-hydrogen) atoms. The van der Waals surface area contributed by atoms with Gasteiger partial charge in [-0.2, -0.15) is 0 Å². The van der Waals surface area contributed by atoms with E-state index in [0.29, 0.717) is 5.56 Å². The summed E-state index contributed by atoms with van der Waals surface area (Å²) in [6, 6.07) is 8.79. The number of nitrogens with zero attached hydrogens (tertiary/aromatic N) is 1. The summed E-state index contributed by atoms with van der Waals surface area (Å²) in [5, 5.41) is 0. The highest BCUT2D eigenvalue weighted by molar-refractivity contribution is 6.03. The minimum atomic E-state index is -1.41. The Balaban J connectivity index is 2.42. The van der Waals surface area contributed by atoms with Crippen LogP contribution in [0.15, 0.2) is 43.0 Å². The van der Waals surface area contributed by atoms with E-state index in [1.54, 1.807) is 24.3 Å². The van der Waals surface area contributed by atoms with Gasteiger partial charge in [-0.3, -0.25) is 4.79 Å². The summed E-state index contributed by atoms with van der Waals surface area (Å²) in [7, 11) is 0. The van der Waals surface area contributed by atoms with Gasteiger partial charge in [-0.15, -0.1) is 6.58 Å². The van der Waals surface area contributed by atoms with Gasteiger partial charge in [0.1, 0.15) is 5.78 Å². The molecule has 0 aromatic heterocycles. The van der Waals surface area contributed by atoms with Crippen molar-refractivity contribution in [1.82, 2.24) is 4.90 Å². The zero-order valence-electron chi connectivity index (χ0n) is 11.9. The molecule has 1 aliphatic rings. The third-order valence-electron chi connectivity index (χ3n) is 3.45. The second-order valence-corrected chi connectivity index (χ2v) is 4.97. The summed E-state index contributed by atoms with van der Waals surface area (Å²) >= 11 is 0. The lowest BCUT2D eigenvalue weighted by Crippen LogP contribution is -2.39. The highest BCUT2D eigenvalue weighted by Crippen LogP contribution is 2.38. The first-order chi connectivity index (χ1) is 10.0. The average Bonchev–Trinajstić information content (AvgIpc) is 2.72. The Labute approximate surface area is 123 Å². The van der Waals surface area contributed by atoms with Crippen LogP contribution in [0, 0.1) is 0 Å². The van der Waals surface area contributed by atoms with E-state index in [4.69, 9.17) is 4.74 Å². The molecule has 110 valence electrons. The van der Waals surface area contributed by atoms with E-state index >= 15 is 0 Å². The molecule has 1 aromatic carbocycles. The zero-order valence-corrected chi connectivity index (χ0v) is 11.9. The first-order valence-corrected chi connectivity index (χ1v) is 6.72. The van der Waals surface area contributed by atoms with Gasteiger partial charge in [0.25, 0.3) is 5.91 Å². The van der Waals surface area contributed by atoms with Crippen LogP contribution < -0.4 is 0 Å². The molecule has 1 atom stereocenters. The van der Waals surface area contributed by atoms with Crippen molar-refractivity contribution in [3.05, 3.63) is 48.6 Å².